The average Bonchev–Trinajstić information content (AvgIpc) is 2.85. The Morgan fingerprint density at radius 1 is 0.759 bits per heavy atom. The molecule has 2 aromatic rings. The van der Waals surface area contributed by atoms with Crippen LogP contribution in [0, 0.1) is 0 Å². The number of carbonyl (C=O) groups is 2. The number of allylic oxidation sites excluding steroid dienone is 2. The summed E-state index contributed by atoms with van der Waals surface area (Å²) in [5.74, 6) is -4.91. The zero-order valence-corrected chi connectivity index (χ0v) is 14.6. The van der Waals surface area contributed by atoms with Crippen LogP contribution in [-0.4, -0.2) is 39.7 Å². The Hall–Kier alpha value is -3.54. The third-order valence-corrected chi connectivity index (χ3v) is 3.34. The number of benzene rings is 2. The van der Waals surface area contributed by atoms with Gasteiger partial charge in [-0.3, -0.25) is 9.59 Å². The van der Waals surface area contributed by atoms with Crippen LogP contribution in [0.3, 0.4) is 0 Å². The molecule has 6 heteroatoms. The maximum absolute atomic E-state index is 12.7. The first-order valence-electron chi connectivity index (χ1n) is 15.7. The van der Waals surface area contributed by atoms with Gasteiger partial charge in [-0.1, -0.05) is 24.2 Å². The molecule has 0 aliphatic heterocycles. The summed E-state index contributed by atoms with van der Waals surface area (Å²) in [7, 11) is -12.1. The van der Waals surface area contributed by atoms with Crippen molar-refractivity contribution in [3.05, 3.63) is 59.6 Å². The molecule has 0 unspecified atom stereocenters. The zero-order valence-electron chi connectivity index (χ0n) is 30.6. The van der Waals surface area contributed by atoms with Crippen molar-refractivity contribution in [2.45, 2.75) is 6.42 Å². The smallest absolute Gasteiger partial charge is 0.163 e. The van der Waals surface area contributed by atoms with Crippen LogP contribution in [0.25, 0.3) is 12.1 Å². The Labute approximate surface area is 192 Å². The molecule has 0 aliphatic carbocycles. The molecular weight excluding hydrogens is 372 g/mol. The molecule has 2 aromatic carbocycles. The number of hydrogen-bond acceptors (Lipinski definition) is 6. The van der Waals surface area contributed by atoms with Gasteiger partial charge >= 0.3 is 0 Å². The van der Waals surface area contributed by atoms with Gasteiger partial charge in [0.15, 0.2) is 34.6 Å². The fourth-order valence-corrected chi connectivity index (χ4v) is 2.02. The van der Waals surface area contributed by atoms with Crippen molar-refractivity contribution in [1.29, 1.82) is 0 Å². The van der Waals surface area contributed by atoms with Gasteiger partial charge in [0.1, 0.15) is 0 Å². The first-order chi connectivity index (χ1) is 20.3. The Morgan fingerprint density at radius 2 is 1.17 bits per heavy atom. The van der Waals surface area contributed by atoms with Crippen molar-refractivity contribution in [2.75, 3.05) is 28.2 Å². The van der Waals surface area contributed by atoms with Crippen LogP contribution < -0.4 is 18.9 Å². The van der Waals surface area contributed by atoms with Gasteiger partial charge in [-0.2, -0.15) is 0 Å². The van der Waals surface area contributed by atoms with Gasteiger partial charge in [-0.05, 0) is 47.5 Å². The monoisotopic (exact) mass is 412 g/mol. The molecule has 29 heavy (non-hydrogen) atoms. The molecule has 0 spiro atoms. The highest BCUT2D eigenvalue weighted by Crippen LogP contribution is 2.28. The van der Waals surface area contributed by atoms with Crippen LogP contribution in [0.4, 0.5) is 0 Å². The third kappa shape index (κ3) is 6.24. The molecule has 0 aliphatic rings. The predicted molar refractivity (Wildman–Crippen MR) is 112 cm³/mol. The summed E-state index contributed by atoms with van der Waals surface area (Å²) in [5.41, 5.74) is -0.580. The third-order valence-electron chi connectivity index (χ3n) is 3.34. The molecule has 6 nitrogen and oxygen atoms in total. The summed E-state index contributed by atoms with van der Waals surface area (Å²) in [5, 5.41) is 0. The van der Waals surface area contributed by atoms with Crippen molar-refractivity contribution in [3.8, 4) is 23.0 Å². The second kappa shape index (κ2) is 10.7. The number of ether oxygens (including phenoxy) is 4. The zero-order chi connectivity index (χ0) is 34.7. The van der Waals surface area contributed by atoms with Gasteiger partial charge in [-0.25, -0.2) is 0 Å². The highest BCUT2D eigenvalue weighted by Gasteiger charge is 2.07. The summed E-state index contributed by atoms with van der Waals surface area (Å²) in [6.45, 7) is 0. The topological polar surface area (TPSA) is 71.1 Å². The Bertz CT molecular complexity index is 1390. The fourth-order valence-electron chi connectivity index (χ4n) is 2.02. The first-order valence-corrected chi connectivity index (χ1v) is 7.72. The predicted octanol–water partition coefficient (Wildman–Crippen LogP) is 3.98. The van der Waals surface area contributed by atoms with Crippen molar-refractivity contribution in [3.63, 3.8) is 0 Å². The van der Waals surface area contributed by atoms with E-state index in [2.05, 4.69) is 0 Å². The van der Waals surface area contributed by atoms with Gasteiger partial charge in [-0.15, -0.1) is 0 Å². The van der Waals surface area contributed by atoms with Crippen molar-refractivity contribution in [2.24, 2.45) is 0 Å². The van der Waals surface area contributed by atoms with Gasteiger partial charge in [0.25, 0.3) is 0 Å². The van der Waals surface area contributed by atoms with Crippen molar-refractivity contribution >= 4 is 23.7 Å². The molecule has 2 rings (SSSR count). The van der Waals surface area contributed by atoms with Crippen LogP contribution in [-0.2, 0) is 9.59 Å². The Kier molecular flexibility index (Phi) is 3.12. The Balaban J connectivity index is 2.39. The number of hydrogen-bond donors (Lipinski definition) is 0. The number of ketones is 2. The molecule has 152 valence electrons. The minimum atomic E-state index is -3.07. The fraction of sp³-hybridized carbons (Fsp3) is 0.217. The van der Waals surface area contributed by atoms with Crippen molar-refractivity contribution in [1.82, 2.24) is 0 Å². The largest absolute Gasteiger partial charge is 0.493 e. The maximum atomic E-state index is 12.7. The molecule has 0 bridgehead atoms. The lowest BCUT2D eigenvalue weighted by Crippen LogP contribution is -2.02. The van der Waals surface area contributed by atoms with E-state index in [-0.39, 0.29) is 11.1 Å². The van der Waals surface area contributed by atoms with E-state index in [0.29, 0.717) is 0 Å². The van der Waals surface area contributed by atoms with Gasteiger partial charge in [0, 0.05) is 0 Å². The van der Waals surface area contributed by atoms with Crippen LogP contribution in [0.15, 0.2) is 48.5 Å². The van der Waals surface area contributed by atoms with Crippen LogP contribution >= 0.6 is 0 Å². The molecule has 0 amide bonds. The minimum Gasteiger partial charge on any atom is -0.493 e. The van der Waals surface area contributed by atoms with Crippen molar-refractivity contribution < 1.29 is 50.5 Å². The summed E-state index contributed by atoms with van der Waals surface area (Å²) < 4.78 is 138. The molecule has 0 radical (unpaired) electrons. The summed E-state index contributed by atoms with van der Waals surface area (Å²) in [6, 6.07) is 1.85. The second-order valence-electron chi connectivity index (χ2n) is 5.25. The number of rotatable bonds is 10. The molecule has 0 saturated heterocycles. The summed E-state index contributed by atoms with van der Waals surface area (Å²) in [4.78, 5) is 25.3. The van der Waals surface area contributed by atoms with E-state index in [0.717, 1.165) is 36.4 Å². The van der Waals surface area contributed by atoms with Crippen LogP contribution in [0.2, 0.25) is 0 Å². The summed E-state index contributed by atoms with van der Waals surface area (Å²) >= 11 is 0. The van der Waals surface area contributed by atoms with E-state index in [1.165, 1.54) is 0 Å². The minimum absolute atomic E-state index is 0.290. The molecular formula is C23H24O6. The van der Waals surface area contributed by atoms with Gasteiger partial charge in [0.2, 0.25) is 0 Å². The van der Waals surface area contributed by atoms with Crippen LogP contribution in [0.1, 0.15) is 39.5 Å². The molecule has 0 atom stereocenters. The number of carbonyl (C=O) groups excluding carboxylic acids is 2. The molecule has 0 N–H and O–H groups in total. The van der Waals surface area contributed by atoms with E-state index < -0.39 is 93.3 Å². The van der Waals surface area contributed by atoms with E-state index >= 15 is 0 Å². The highest BCUT2D eigenvalue weighted by molar-refractivity contribution is 6.10. The quantitative estimate of drug-likeness (QED) is 0.434. The maximum Gasteiger partial charge on any atom is 0.163 e. The molecule has 0 fully saturated rings. The lowest BCUT2D eigenvalue weighted by atomic mass is 10.1. The Morgan fingerprint density at radius 3 is 1.59 bits per heavy atom. The molecule has 0 heterocycles. The first kappa shape index (κ1) is 8.45. The van der Waals surface area contributed by atoms with E-state index in [1.54, 1.807) is 0 Å². The summed E-state index contributed by atoms with van der Waals surface area (Å²) in [6.07, 6.45) is -1.17. The van der Waals surface area contributed by atoms with E-state index in [9.17, 15) is 9.59 Å². The number of methoxy groups -OCH3 is 4. The SMILES string of the molecule is [2H]/C(C(=O)CC(=O)/C([2H])=C(\[2H])c1ccc(OC([2H])([2H])[2H])c(OC([2H])([2H])[2H])c1)=C(/[2H])c1ccc(OC([2H])([2H])[2H])c(OC([2H])([2H])[2H])c1. The van der Waals surface area contributed by atoms with Gasteiger partial charge < -0.3 is 18.9 Å². The lowest BCUT2D eigenvalue weighted by molar-refractivity contribution is -0.121. The molecule has 0 aromatic heterocycles. The lowest BCUT2D eigenvalue weighted by Gasteiger charge is -2.07. The second-order valence-corrected chi connectivity index (χ2v) is 5.25. The van der Waals surface area contributed by atoms with E-state index in [4.69, 9.17) is 40.9 Å². The van der Waals surface area contributed by atoms with E-state index in [1.807, 2.05) is 0 Å². The highest BCUT2D eigenvalue weighted by atomic mass is 16.5. The van der Waals surface area contributed by atoms with Crippen LogP contribution in [0.5, 0.6) is 23.0 Å². The normalized spacial score (nSPS) is 22.1. The van der Waals surface area contributed by atoms with Gasteiger partial charge in [0.05, 0.1) is 56.5 Å². The average molecular weight is 413 g/mol. The molecule has 0 saturated carbocycles. The standard InChI is InChI=1S/C23H24O6/c1-26-20-11-7-16(13-22(20)28-3)5-9-18(24)15-19(25)10-6-17-8-12-21(27-2)23(14-17)29-4/h5-14H,15H2,1-4H3/b9-5+,10-6+/i1D3,2D3,3D3,4D3,5D,6D,9D,10D.